The minimum Gasteiger partial charge on any atom is -0.336 e. The summed E-state index contributed by atoms with van der Waals surface area (Å²) in [6.45, 7) is 4.04. The molecule has 1 saturated heterocycles. The van der Waals surface area contributed by atoms with E-state index in [4.69, 9.17) is 0 Å². The van der Waals surface area contributed by atoms with Gasteiger partial charge in [-0.25, -0.2) is 4.79 Å². The van der Waals surface area contributed by atoms with Crippen LogP contribution in [0.4, 0.5) is 4.79 Å². The summed E-state index contributed by atoms with van der Waals surface area (Å²) in [5.41, 5.74) is 0. The van der Waals surface area contributed by atoms with Crippen molar-refractivity contribution in [3.63, 3.8) is 0 Å². The lowest BCUT2D eigenvalue weighted by atomic mass is 9.96. The fourth-order valence-corrected chi connectivity index (χ4v) is 2.74. The molecule has 14 heavy (non-hydrogen) atoms. The Morgan fingerprint density at radius 3 is 2.79 bits per heavy atom. The van der Waals surface area contributed by atoms with E-state index in [1.54, 1.807) is 0 Å². The van der Waals surface area contributed by atoms with Gasteiger partial charge in [-0.15, -0.1) is 0 Å². The molecule has 0 aromatic heterocycles. The summed E-state index contributed by atoms with van der Waals surface area (Å²) in [5, 5.41) is 2.89. The van der Waals surface area contributed by atoms with E-state index in [0.29, 0.717) is 12.0 Å². The molecule has 2 atom stereocenters. The van der Waals surface area contributed by atoms with Gasteiger partial charge in [-0.1, -0.05) is 26.2 Å². The second kappa shape index (κ2) is 4.20. The van der Waals surface area contributed by atoms with Gasteiger partial charge < -0.3 is 10.2 Å². The van der Waals surface area contributed by atoms with Crippen molar-refractivity contribution in [2.24, 2.45) is 5.92 Å². The highest BCUT2D eigenvalue weighted by Crippen LogP contribution is 2.27. The summed E-state index contributed by atoms with van der Waals surface area (Å²) in [7, 11) is 0. The van der Waals surface area contributed by atoms with E-state index in [1.165, 1.54) is 32.1 Å². The van der Waals surface area contributed by atoms with Crippen molar-refractivity contribution in [2.75, 3.05) is 13.1 Å². The van der Waals surface area contributed by atoms with Crippen LogP contribution in [0.5, 0.6) is 0 Å². The Bertz CT molecular complexity index is 217. The van der Waals surface area contributed by atoms with E-state index in [2.05, 4.69) is 17.1 Å². The summed E-state index contributed by atoms with van der Waals surface area (Å²) in [6.07, 6.45) is 6.46. The minimum absolute atomic E-state index is 0.156. The number of urea groups is 1. The van der Waals surface area contributed by atoms with Gasteiger partial charge in [-0.2, -0.15) is 0 Å². The monoisotopic (exact) mass is 196 g/mol. The van der Waals surface area contributed by atoms with Gasteiger partial charge in [0.2, 0.25) is 0 Å². The third-order valence-corrected chi connectivity index (χ3v) is 3.61. The third kappa shape index (κ3) is 1.86. The van der Waals surface area contributed by atoms with Gasteiger partial charge in [0.05, 0.1) is 0 Å². The number of hydrogen-bond acceptors (Lipinski definition) is 1. The number of rotatable bonds is 1. The zero-order valence-corrected chi connectivity index (χ0v) is 8.96. The highest BCUT2D eigenvalue weighted by Gasteiger charge is 2.31. The molecule has 2 unspecified atom stereocenters. The third-order valence-electron chi connectivity index (χ3n) is 3.61. The minimum atomic E-state index is 0.156. The molecular weight excluding hydrogens is 176 g/mol. The number of carbonyl (C=O) groups is 1. The van der Waals surface area contributed by atoms with Crippen LogP contribution in [0.3, 0.4) is 0 Å². The van der Waals surface area contributed by atoms with Crippen molar-refractivity contribution in [1.82, 2.24) is 10.2 Å². The van der Waals surface area contributed by atoms with Crippen LogP contribution in [0.15, 0.2) is 0 Å². The Kier molecular flexibility index (Phi) is 2.94. The lowest BCUT2D eigenvalue weighted by molar-refractivity contribution is 0.170. The van der Waals surface area contributed by atoms with Crippen LogP contribution in [0.1, 0.15) is 39.0 Å². The summed E-state index contributed by atoms with van der Waals surface area (Å²) >= 11 is 0. The Balaban J connectivity index is 2.02. The maximum atomic E-state index is 11.5. The van der Waals surface area contributed by atoms with Crippen molar-refractivity contribution in [2.45, 2.75) is 45.1 Å². The van der Waals surface area contributed by atoms with Gasteiger partial charge >= 0.3 is 6.03 Å². The fourth-order valence-electron chi connectivity index (χ4n) is 2.74. The van der Waals surface area contributed by atoms with Crippen LogP contribution in [0.2, 0.25) is 0 Å². The van der Waals surface area contributed by atoms with Gasteiger partial charge in [-0.3, -0.25) is 0 Å². The Morgan fingerprint density at radius 2 is 2.07 bits per heavy atom. The number of nitrogens with one attached hydrogen (secondary N) is 1. The summed E-state index contributed by atoms with van der Waals surface area (Å²) in [6, 6.07) is 0.656. The molecule has 80 valence electrons. The predicted octanol–water partition coefficient (Wildman–Crippen LogP) is 1.98. The van der Waals surface area contributed by atoms with E-state index in [1.807, 2.05) is 0 Å². The predicted molar refractivity (Wildman–Crippen MR) is 56.1 cm³/mol. The van der Waals surface area contributed by atoms with Crippen molar-refractivity contribution in [3.8, 4) is 0 Å². The van der Waals surface area contributed by atoms with Gasteiger partial charge in [-0.05, 0) is 18.8 Å². The molecular formula is C11H20N2O. The Hall–Kier alpha value is -0.730. The smallest absolute Gasteiger partial charge is 0.317 e. The van der Waals surface area contributed by atoms with Gasteiger partial charge in [0.15, 0.2) is 0 Å². The topological polar surface area (TPSA) is 32.3 Å². The van der Waals surface area contributed by atoms with Crippen molar-refractivity contribution in [3.05, 3.63) is 0 Å². The van der Waals surface area contributed by atoms with E-state index in [0.717, 1.165) is 13.1 Å². The molecule has 0 aromatic rings. The van der Waals surface area contributed by atoms with Crippen molar-refractivity contribution < 1.29 is 4.79 Å². The van der Waals surface area contributed by atoms with Gasteiger partial charge in [0.1, 0.15) is 0 Å². The van der Waals surface area contributed by atoms with Crippen LogP contribution in [0, 0.1) is 5.92 Å². The van der Waals surface area contributed by atoms with Crippen molar-refractivity contribution in [1.29, 1.82) is 0 Å². The van der Waals surface area contributed by atoms with Crippen LogP contribution in [-0.2, 0) is 0 Å². The molecule has 3 nitrogen and oxygen atoms in total. The highest BCUT2D eigenvalue weighted by molar-refractivity contribution is 5.76. The Labute approximate surface area is 85.8 Å². The highest BCUT2D eigenvalue weighted by atomic mass is 16.2. The first-order chi connectivity index (χ1) is 6.79. The average Bonchev–Trinajstić information content (AvgIpc) is 2.46. The molecule has 3 heteroatoms. The second-order valence-electron chi connectivity index (χ2n) is 4.61. The molecule has 1 heterocycles. The molecule has 1 saturated carbocycles. The molecule has 0 radical (unpaired) electrons. The first-order valence-corrected chi connectivity index (χ1v) is 5.83. The molecule has 2 aliphatic rings. The Morgan fingerprint density at radius 1 is 1.29 bits per heavy atom. The van der Waals surface area contributed by atoms with Gasteiger partial charge in [0.25, 0.3) is 0 Å². The lowest BCUT2D eigenvalue weighted by Crippen LogP contribution is -2.41. The van der Waals surface area contributed by atoms with Crippen LogP contribution in [-0.4, -0.2) is 30.1 Å². The standard InChI is InChI=1S/C11H20N2O/c1-9-5-3-2-4-6-10(9)13-8-7-12-11(13)14/h9-10H,2-8H2,1H3,(H,12,14). The van der Waals surface area contributed by atoms with E-state index < -0.39 is 0 Å². The fraction of sp³-hybridized carbons (Fsp3) is 0.909. The van der Waals surface area contributed by atoms with Gasteiger partial charge in [0, 0.05) is 19.1 Å². The first kappa shape index (κ1) is 9.81. The summed E-state index contributed by atoms with van der Waals surface area (Å²) in [5.74, 6) is 0.682. The number of nitrogens with zero attached hydrogens (tertiary/aromatic N) is 1. The zero-order valence-electron chi connectivity index (χ0n) is 8.96. The summed E-state index contributed by atoms with van der Waals surface area (Å²) in [4.78, 5) is 13.6. The zero-order chi connectivity index (χ0) is 9.97. The second-order valence-corrected chi connectivity index (χ2v) is 4.61. The van der Waals surface area contributed by atoms with Crippen LogP contribution in [0.25, 0.3) is 0 Å². The molecule has 0 bridgehead atoms. The maximum Gasteiger partial charge on any atom is 0.317 e. The molecule has 1 N–H and O–H groups in total. The van der Waals surface area contributed by atoms with Crippen molar-refractivity contribution >= 4 is 6.03 Å². The van der Waals surface area contributed by atoms with E-state index in [-0.39, 0.29) is 6.03 Å². The lowest BCUT2D eigenvalue weighted by Gasteiger charge is -2.30. The number of carbonyl (C=O) groups excluding carboxylic acids is 1. The maximum absolute atomic E-state index is 11.5. The molecule has 0 aromatic carbocycles. The molecule has 2 fully saturated rings. The largest absolute Gasteiger partial charge is 0.336 e. The summed E-state index contributed by atoms with van der Waals surface area (Å²) < 4.78 is 0. The molecule has 2 rings (SSSR count). The number of amides is 2. The molecule has 1 aliphatic carbocycles. The quantitative estimate of drug-likeness (QED) is 0.639. The molecule has 0 spiro atoms. The van der Waals surface area contributed by atoms with Crippen LogP contribution < -0.4 is 5.32 Å². The molecule has 2 amide bonds. The SMILES string of the molecule is CC1CCCCCC1N1CCNC1=O. The van der Waals surface area contributed by atoms with Crippen LogP contribution >= 0.6 is 0 Å². The normalized spacial score (nSPS) is 34.1. The average molecular weight is 196 g/mol. The molecule has 1 aliphatic heterocycles. The number of hydrogen-bond donors (Lipinski definition) is 1. The van der Waals surface area contributed by atoms with E-state index >= 15 is 0 Å². The van der Waals surface area contributed by atoms with E-state index in [9.17, 15) is 4.79 Å². The first-order valence-electron chi connectivity index (χ1n) is 5.83.